The average molecular weight is 200 g/mol. The summed E-state index contributed by atoms with van der Waals surface area (Å²) in [5.41, 5.74) is 4.73. The third-order valence-corrected chi connectivity index (χ3v) is 2.71. The maximum atomic E-state index is 4.45. The highest BCUT2D eigenvalue weighted by Crippen LogP contribution is 2.26. The highest BCUT2D eigenvalue weighted by molar-refractivity contribution is 5.79. The van der Waals surface area contributed by atoms with E-state index >= 15 is 0 Å². The van der Waals surface area contributed by atoms with Crippen molar-refractivity contribution in [3.63, 3.8) is 0 Å². The van der Waals surface area contributed by atoms with Crippen LogP contribution in [0.25, 0.3) is 11.0 Å². The highest BCUT2D eigenvalue weighted by atomic mass is 14.7. The van der Waals surface area contributed by atoms with Crippen molar-refractivity contribution in [2.24, 2.45) is 0 Å². The topological polar surface area (TPSA) is 25.8 Å². The van der Waals surface area contributed by atoms with Gasteiger partial charge in [0.15, 0.2) is 0 Å². The van der Waals surface area contributed by atoms with E-state index in [-0.39, 0.29) is 0 Å². The zero-order chi connectivity index (χ0) is 10.8. The average Bonchev–Trinajstić information content (AvgIpc) is 2.27. The molecule has 0 saturated heterocycles. The fourth-order valence-electron chi connectivity index (χ4n) is 2.00. The number of aryl methyl sites for hydroxylation is 1. The van der Waals surface area contributed by atoms with Gasteiger partial charge in [-0.15, -0.1) is 0 Å². The maximum Gasteiger partial charge on any atom is 0.0923 e. The monoisotopic (exact) mass is 200 g/mol. The summed E-state index contributed by atoms with van der Waals surface area (Å²) in [5.74, 6) is 0.500. The Hall–Kier alpha value is -1.44. The Morgan fingerprint density at radius 1 is 1.27 bits per heavy atom. The quantitative estimate of drug-likeness (QED) is 0.743. The van der Waals surface area contributed by atoms with Gasteiger partial charge in [0.25, 0.3) is 0 Å². The van der Waals surface area contributed by atoms with Crippen LogP contribution in [-0.2, 0) is 6.42 Å². The smallest absolute Gasteiger partial charge is 0.0923 e. The Morgan fingerprint density at radius 3 is 2.73 bits per heavy atom. The molecule has 0 bridgehead atoms. The maximum absolute atomic E-state index is 4.45. The predicted octanol–water partition coefficient (Wildman–Crippen LogP) is 3.32. The van der Waals surface area contributed by atoms with Crippen molar-refractivity contribution in [1.82, 2.24) is 9.97 Å². The highest BCUT2D eigenvalue weighted by Gasteiger charge is 2.11. The lowest BCUT2D eigenvalue weighted by Crippen LogP contribution is -1.99. The van der Waals surface area contributed by atoms with Crippen molar-refractivity contribution in [2.75, 3.05) is 0 Å². The Kier molecular flexibility index (Phi) is 2.67. The van der Waals surface area contributed by atoms with Gasteiger partial charge in [-0.05, 0) is 35.6 Å². The summed E-state index contributed by atoms with van der Waals surface area (Å²) in [7, 11) is 0. The molecule has 0 aliphatic rings. The van der Waals surface area contributed by atoms with Crippen LogP contribution in [0.1, 0.15) is 37.8 Å². The SMILES string of the molecule is CCc1cnc2cccnc2c1C(C)C. The summed E-state index contributed by atoms with van der Waals surface area (Å²) in [6, 6.07) is 3.96. The van der Waals surface area contributed by atoms with Gasteiger partial charge in [0.2, 0.25) is 0 Å². The molecule has 2 rings (SSSR count). The lowest BCUT2D eigenvalue weighted by Gasteiger charge is -2.13. The van der Waals surface area contributed by atoms with Gasteiger partial charge in [0, 0.05) is 12.4 Å². The molecule has 0 aliphatic carbocycles. The first-order valence-corrected chi connectivity index (χ1v) is 5.46. The van der Waals surface area contributed by atoms with Gasteiger partial charge in [0.1, 0.15) is 0 Å². The molecule has 78 valence electrons. The van der Waals surface area contributed by atoms with Gasteiger partial charge >= 0.3 is 0 Å². The van der Waals surface area contributed by atoms with Crippen LogP contribution in [0.2, 0.25) is 0 Å². The van der Waals surface area contributed by atoms with Crippen LogP contribution in [-0.4, -0.2) is 9.97 Å². The van der Waals surface area contributed by atoms with Gasteiger partial charge in [-0.25, -0.2) is 0 Å². The van der Waals surface area contributed by atoms with Crippen molar-refractivity contribution in [2.45, 2.75) is 33.1 Å². The van der Waals surface area contributed by atoms with E-state index in [4.69, 9.17) is 0 Å². The Balaban J connectivity index is 2.79. The summed E-state index contributed by atoms with van der Waals surface area (Å²) in [5, 5.41) is 0. The molecule has 0 spiro atoms. The van der Waals surface area contributed by atoms with Gasteiger partial charge in [0.05, 0.1) is 11.0 Å². The second-order valence-electron chi connectivity index (χ2n) is 4.08. The molecule has 2 nitrogen and oxygen atoms in total. The van der Waals surface area contributed by atoms with Crippen molar-refractivity contribution in [1.29, 1.82) is 0 Å². The normalized spacial score (nSPS) is 11.2. The van der Waals surface area contributed by atoms with Crippen LogP contribution in [0.4, 0.5) is 0 Å². The number of rotatable bonds is 2. The third-order valence-electron chi connectivity index (χ3n) is 2.71. The zero-order valence-corrected chi connectivity index (χ0v) is 9.49. The van der Waals surface area contributed by atoms with E-state index in [0.29, 0.717) is 5.92 Å². The minimum absolute atomic E-state index is 0.500. The van der Waals surface area contributed by atoms with E-state index < -0.39 is 0 Å². The number of nitrogens with zero attached hydrogens (tertiary/aromatic N) is 2. The van der Waals surface area contributed by atoms with Crippen molar-refractivity contribution in [3.8, 4) is 0 Å². The van der Waals surface area contributed by atoms with E-state index in [0.717, 1.165) is 17.5 Å². The number of hydrogen-bond donors (Lipinski definition) is 0. The van der Waals surface area contributed by atoms with Crippen LogP contribution in [0.5, 0.6) is 0 Å². The number of aromatic nitrogens is 2. The first-order chi connectivity index (χ1) is 7.24. The summed E-state index contributed by atoms with van der Waals surface area (Å²) < 4.78 is 0. The molecule has 2 heteroatoms. The molecule has 2 aromatic rings. The van der Waals surface area contributed by atoms with E-state index in [2.05, 4.69) is 30.7 Å². The molecule has 0 saturated carbocycles. The molecule has 0 amide bonds. The third kappa shape index (κ3) is 1.72. The van der Waals surface area contributed by atoms with E-state index in [1.807, 2.05) is 24.5 Å². The largest absolute Gasteiger partial charge is 0.254 e. The molecule has 0 unspecified atom stereocenters. The van der Waals surface area contributed by atoms with Gasteiger partial charge < -0.3 is 0 Å². The van der Waals surface area contributed by atoms with Crippen LogP contribution in [0, 0.1) is 0 Å². The first-order valence-electron chi connectivity index (χ1n) is 5.46. The summed E-state index contributed by atoms with van der Waals surface area (Å²) in [6.07, 6.45) is 4.85. The Morgan fingerprint density at radius 2 is 2.07 bits per heavy atom. The second kappa shape index (κ2) is 3.97. The van der Waals surface area contributed by atoms with Crippen molar-refractivity contribution in [3.05, 3.63) is 35.7 Å². The minimum Gasteiger partial charge on any atom is -0.254 e. The minimum atomic E-state index is 0.500. The molecule has 2 aromatic heterocycles. The van der Waals surface area contributed by atoms with Gasteiger partial charge in [-0.3, -0.25) is 9.97 Å². The zero-order valence-electron chi connectivity index (χ0n) is 9.49. The lowest BCUT2D eigenvalue weighted by molar-refractivity contribution is 0.847. The first kappa shape index (κ1) is 10.1. The fourth-order valence-corrected chi connectivity index (χ4v) is 2.00. The lowest BCUT2D eigenvalue weighted by atomic mass is 9.95. The van der Waals surface area contributed by atoms with Crippen molar-refractivity contribution >= 4 is 11.0 Å². The Bertz CT molecular complexity index is 475. The molecule has 0 fully saturated rings. The van der Waals surface area contributed by atoms with Crippen LogP contribution < -0.4 is 0 Å². The summed E-state index contributed by atoms with van der Waals surface area (Å²) in [6.45, 7) is 6.59. The molecule has 2 heterocycles. The molecular formula is C13H16N2. The molecule has 15 heavy (non-hydrogen) atoms. The van der Waals surface area contributed by atoms with Crippen LogP contribution in [0.3, 0.4) is 0 Å². The second-order valence-corrected chi connectivity index (χ2v) is 4.08. The molecule has 0 atom stereocenters. The number of pyridine rings is 2. The fraction of sp³-hybridized carbons (Fsp3) is 0.385. The predicted molar refractivity (Wildman–Crippen MR) is 63.0 cm³/mol. The van der Waals surface area contributed by atoms with E-state index in [1.54, 1.807) is 0 Å². The van der Waals surface area contributed by atoms with Gasteiger partial charge in [-0.2, -0.15) is 0 Å². The van der Waals surface area contributed by atoms with Crippen LogP contribution >= 0.6 is 0 Å². The Labute approximate surface area is 90.4 Å². The molecule has 0 aromatic carbocycles. The molecule has 0 N–H and O–H groups in total. The van der Waals surface area contributed by atoms with Gasteiger partial charge in [-0.1, -0.05) is 20.8 Å². The van der Waals surface area contributed by atoms with Crippen molar-refractivity contribution < 1.29 is 0 Å². The van der Waals surface area contributed by atoms with E-state index in [9.17, 15) is 0 Å². The van der Waals surface area contributed by atoms with E-state index in [1.165, 1.54) is 11.1 Å². The summed E-state index contributed by atoms with van der Waals surface area (Å²) in [4.78, 5) is 8.88. The molecular weight excluding hydrogens is 184 g/mol. The number of fused-ring (bicyclic) bond motifs is 1. The molecule has 0 radical (unpaired) electrons. The standard InChI is InChI=1S/C13H16N2/c1-4-10-8-15-11-6-5-7-14-13(11)12(10)9(2)3/h5-9H,4H2,1-3H3. The molecule has 0 aliphatic heterocycles. The van der Waals surface area contributed by atoms with Crippen LogP contribution in [0.15, 0.2) is 24.5 Å². The summed E-state index contributed by atoms with van der Waals surface area (Å²) >= 11 is 0. The number of hydrogen-bond acceptors (Lipinski definition) is 2.